The highest BCUT2D eigenvalue weighted by molar-refractivity contribution is 7.59. The summed E-state index contributed by atoms with van der Waals surface area (Å²) in [5.74, 6) is -1.93. The fourth-order valence-electron chi connectivity index (χ4n) is 12.4. The number of rotatable bonds is 36. The summed E-state index contributed by atoms with van der Waals surface area (Å²) in [6, 6.07) is 20.9. The van der Waals surface area contributed by atoms with Crippen LogP contribution in [-0.2, 0) is 66.6 Å². The number of ether oxygens (including phenoxy) is 6. The van der Waals surface area contributed by atoms with Crippen LogP contribution in [-0.4, -0.2) is 189 Å². The number of hydrogen-bond acceptors (Lipinski definition) is 21. The SMILES string of the molecule is C=C1C[C@H]2CNc3cc(OCCCCCOc4cc5c(cc4C)C(=O)N4CC(=C)C[C@H]4[C@H](O)N5C(=O)OCc4ccc(NC(=O)[C@H](CCCCN)NC(=O)[C@@H](CC(=O)CCOCCOCCCC(=O)CCN5C(=O)C=CC5=O)Cc5ccccc5)cc4)c(OC)cc3C(=O)N2C1.O=S(=O)=O. The van der Waals surface area contributed by atoms with Gasteiger partial charge in [-0.1, -0.05) is 66.8 Å². The van der Waals surface area contributed by atoms with Crippen molar-refractivity contribution in [3.05, 3.63) is 143 Å². The molecule has 0 spiro atoms. The minimum atomic E-state index is -3.11. The van der Waals surface area contributed by atoms with Crippen LogP contribution in [0.15, 0.2) is 115 Å². The van der Waals surface area contributed by atoms with Crippen molar-refractivity contribution < 1.29 is 89.3 Å². The number of aliphatic hydroxyl groups excluding tert-OH is 1. The first kappa shape index (κ1) is 76.1. The summed E-state index contributed by atoms with van der Waals surface area (Å²) < 4.78 is 60.6. The highest BCUT2D eigenvalue weighted by Crippen LogP contribution is 2.41. The minimum Gasteiger partial charge on any atom is -0.493 e. The summed E-state index contributed by atoms with van der Waals surface area (Å²) in [6.07, 6.45) is 5.40. The van der Waals surface area contributed by atoms with E-state index in [2.05, 4.69) is 29.1 Å². The van der Waals surface area contributed by atoms with Gasteiger partial charge in [-0.05, 0) is 119 Å². The first-order chi connectivity index (χ1) is 48.1. The van der Waals surface area contributed by atoms with E-state index in [0.29, 0.717) is 117 Å². The molecule has 2 fully saturated rings. The fraction of sp³-hybridized carbons (Fsp3) is 0.458. The second kappa shape index (κ2) is 37.5. The molecular formula is C72H88N8O19S. The van der Waals surface area contributed by atoms with Gasteiger partial charge in [0.1, 0.15) is 30.0 Å². The van der Waals surface area contributed by atoms with Crippen LogP contribution in [0.25, 0.3) is 0 Å². The van der Waals surface area contributed by atoms with E-state index in [1.54, 1.807) is 49.6 Å². The van der Waals surface area contributed by atoms with Crippen molar-refractivity contribution in [2.75, 3.05) is 95.0 Å². The van der Waals surface area contributed by atoms with Gasteiger partial charge in [-0.25, -0.2) is 9.69 Å². The molecule has 5 atom stereocenters. The summed E-state index contributed by atoms with van der Waals surface area (Å²) in [6.45, 7) is 13.0. The topological polar surface area (TPSA) is 356 Å². The molecule has 536 valence electrons. The van der Waals surface area contributed by atoms with Crippen LogP contribution in [0.5, 0.6) is 17.2 Å². The Hall–Kier alpha value is -9.61. The molecule has 27 nitrogen and oxygen atoms in total. The summed E-state index contributed by atoms with van der Waals surface area (Å²) in [5.41, 5.74) is 11.6. The van der Waals surface area contributed by atoms with Crippen LogP contribution in [0.2, 0.25) is 0 Å². The maximum absolute atomic E-state index is 14.3. The predicted octanol–water partition coefficient (Wildman–Crippen LogP) is 6.53. The largest absolute Gasteiger partial charge is 0.493 e. The number of anilines is 3. The van der Waals surface area contributed by atoms with Gasteiger partial charge in [0.15, 0.2) is 17.7 Å². The van der Waals surface area contributed by atoms with E-state index in [9.17, 15) is 48.3 Å². The number of carbonyl (C=O) groups is 9. The second-order valence-electron chi connectivity index (χ2n) is 25.0. The number of carbonyl (C=O) groups excluding carboxylic acids is 9. The van der Waals surface area contributed by atoms with Gasteiger partial charge >= 0.3 is 16.7 Å². The second-order valence-corrected chi connectivity index (χ2v) is 25.5. The number of aliphatic hydroxyl groups is 1. The van der Waals surface area contributed by atoms with Gasteiger partial charge in [0.2, 0.25) is 11.8 Å². The lowest BCUT2D eigenvalue weighted by molar-refractivity contribution is -0.137. The normalized spacial score (nSPS) is 17.3. The third kappa shape index (κ3) is 21.5. The highest BCUT2D eigenvalue weighted by atomic mass is 32.2. The Morgan fingerprint density at radius 1 is 0.700 bits per heavy atom. The summed E-state index contributed by atoms with van der Waals surface area (Å²) in [7, 11) is -1.57. The van der Waals surface area contributed by atoms with Crippen LogP contribution >= 0.6 is 0 Å². The number of amides is 7. The van der Waals surface area contributed by atoms with Gasteiger partial charge in [-0.3, -0.25) is 43.3 Å². The molecule has 0 radical (unpaired) electrons. The van der Waals surface area contributed by atoms with Gasteiger partial charge < -0.3 is 65.0 Å². The van der Waals surface area contributed by atoms with E-state index in [4.69, 9.17) is 46.8 Å². The average Bonchev–Trinajstić information content (AvgIpc) is 1.59. The molecule has 5 aliphatic rings. The Morgan fingerprint density at radius 3 is 2.07 bits per heavy atom. The number of ketones is 2. The van der Waals surface area contributed by atoms with Crippen molar-refractivity contribution in [2.45, 2.75) is 128 Å². The number of nitrogens with one attached hydrogen (secondary N) is 3. The third-order valence-corrected chi connectivity index (χ3v) is 17.6. The van der Waals surface area contributed by atoms with Crippen molar-refractivity contribution in [3.63, 3.8) is 0 Å². The fourth-order valence-corrected chi connectivity index (χ4v) is 12.4. The number of fused-ring (bicyclic) bond motifs is 4. The van der Waals surface area contributed by atoms with E-state index in [1.165, 1.54) is 17.1 Å². The number of Topliss-reactive ketones (excluding diaryl/α,β-unsaturated/α-hetero) is 2. The number of nitrogens with zero attached hydrogens (tertiary/aromatic N) is 4. The summed E-state index contributed by atoms with van der Waals surface area (Å²) >= 11 is 0. The minimum absolute atomic E-state index is 0.0414. The lowest BCUT2D eigenvalue weighted by atomic mass is 9.92. The Morgan fingerprint density at radius 2 is 1.37 bits per heavy atom. The zero-order valence-corrected chi connectivity index (χ0v) is 57.2. The highest BCUT2D eigenvalue weighted by Gasteiger charge is 2.46. The molecular weight excluding hydrogens is 1310 g/mol. The van der Waals surface area contributed by atoms with Crippen molar-refractivity contribution in [1.82, 2.24) is 20.0 Å². The summed E-state index contributed by atoms with van der Waals surface area (Å²) in [5, 5.41) is 21.2. The average molecular weight is 1400 g/mol. The molecule has 100 heavy (non-hydrogen) atoms. The van der Waals surface area contributed by atoms with Crippen LogP contribution in [0.1, 0.15) is 121 Å². The van der Waals surface area contributed by atoms with Gasteiger partial charge in [0.05, 0.1) is 74.7 Å². The van der Waals surface area contributed by atoms with Gasteiger partial charge in [-0.2, -0.15) is 0 Å². The first-order valence-corrected chi connectivity index (χ1v) is 34.5. The lowest BCUT2D eigenvalue weighted by Crippen LogP contribution is -2.50. The molecule has 2 saturated heterocycles. The zero-order valence-electron chi connectivity index (χ0n) is 56.4. The molecule has 0 aliphatic carbocycles. The Labute approximate surface area is 582 Å². The smallest absolute Gasteiger partial charge is 0.425 e. The van der Waals surface area contributed by atoms with Crippen molar-refractivity contribution in [1.29, 1.82) is 0 Å². The number of benzene rings is 4. The third-order valence-electron chi connectivity index (χ3n) is 17.6. The number of imide groups is 1. The number of unbranched alkanes of at least 4 members (excludes halogenated alkanes) is 3. The predicted molar refractivity (Wildman–Crippen MR) is 367 cm³/mol. The van der Waals surface area contributed by atoms with Crippen LogP contribution in [0.3, 0.4) is 0 Å². The molecule has 0 saturated carbocycles. The summed E-state index contributed by atoms with van der Waals surface area (Å²) in [4.78, 5) is 125. The molecule has 6 N–H and O–H groups in total. The first-order valence-electron chi connectivity index (χ1n) is 33.5. The lowest BCUT2D eigenvalue weighted by Gasteiger charge is -2.31. The van der Waals surface area contributed by atoms with Crippen molar-refractivity contribution >= 4 is 80.8 Å². The van der Waals surface area contributed by atoms with E-state index in [1.807, 2.05) is 48.2 Å². The quantitative estimate of drug-likeness (QED) is 0.0183. The van der Waals surface area contributed by atoms with Gasteiger partial charge in [0, 0.05) is 94.4 Å². The molecule has 5 heterocycles. The van der Waals surface area contributed by atoms with Crippen LogP contribution < -0.4 is 40.8 Å². The standard InChI is InChI=1S/C72H88N8O16.O3S/c1-46-34-53-42-74-59-40-64(63(91-4)39-56(59)69(87)78(53)43-46)95-30-12-6-11-29-94-62-41-60-57(36-48(62)3)70(88)79-44-47(2)35-61(79)71(89)80(60)72(90)96-45-50-18-20-52(21-19-50)75-68(86)58(17-9-10-26-73)76-67(85)51(37-49-14-7-5-8-15-49)38-55(82)25-31-93-33-32-92-28-13-16-54(81)24-27-77-65(83)22-23-66(77)84;1-4(2)3/h5,7-8,14-15,18-23,36,39-41,51,53,58,61,71,74,89H,1-2,6,9-13,16-17,24-35,37-38,42-45,73H2,3-4H3,(H,75,86)(H,76,85);/t51-,53+,58+,61+,71+;/m1./s1. The van der Waals surface area contributed by atoms with Crippen LogP contribution in [0.4, 0.5) is 21.9 Å². The number of nitrogens with two attached hydrogens (primary N) is 1. The zero-order chi connectivity index (χ0) is 71.8. The number of aryl methyl sites for hydroxylation is 1. The molecule has 28 heteroatoms. The van der Waals surface area contributed by atoms with E-state index in [0.717, 1.165) is 39.4 Å². The molecule has 5 aliphatic heterocycles. The maximum Gasteiger partial charge on any atom is 0.425 e. The van der Waals surface area contributed by atoms with Crippen LogP contribution in [0, 0.1) is 12.8 Å². The van der Waals surface area contributed by atoms with E-state index >= 15 is 0 Å². The molecule has 7 amide bonds. The monoisotopic (exact) mass is 1400 g/mol. The van der Waals surface area contributed by atoms with Gasteiger partial charge in [0.25, 0.3) is 23.6 Å². The van der Waals surface area contributed by atoms with Crippen molar-refractivity contribution in [2.24, 2.45) is 11.7 Å². The Bertz CT molecular complexity index is 3770. The van der Waals surface area contributed by atoms with E-state index < -0.39 is 64.6 Å². The molecule has 0 aromatic heterocycles. The van der Waals surface area contributed by atoms with Gasteiger partial charge in [-0.15, -0.1) is 12.6 Å². The Balaban J connectivity index is 0.00000309. The molecule has 0 bridgehead atoms. The Kier molecular flexibility index (Phi) is 28.6. The van der Waals surface area contributed by atoms with E-state index in [-0.39, 0.29) is 125 Å². The maximum atomic E-state index is 14.3. The van der Waals surface area contributed by atoms with Crippen molar-refractivity contribution in [3.8, 4) is 17.2 Å². The number of hydrogen-bond donors (Lipinski definition) is 5. The molecule has 9 rings (SSSR count). The molecule has 4 aromatic carbocycles. The molecule has 4 aromatic rings. The molecule has 0 unspecified atom stereocenters. The number of methoxy groups -OCH3 is 1.